The fourth-order valence-corrected chi connectivity index (χ4v) is 2.33. The molecule has 1 unspecified atom stereocenters. The fourth-order valence-electron chi connectivity index (χ4n) is 2.33. The minimum atomic E-state index is -0.0418. The van der Waals surface area contributed by atoms with Crippen molar-refractivity contribution < 1.29 is 4.39 Å². The molecule has 15 heavy (non-hydrogen) atoms. The number of hydrogen-bond acceptors (Lipinski definition) is 1. The van der Waals surface area contributed by atoms with Crippen molar-refractivity contribution in [3.63, 3.8) is 0 Å². The molecule has 0 bridgehead atoms. The van der Waals surface area contributed by atoms with E-state index < -0.39 is 0 Å². The molecule has 1 atom stereocenters. The van der Waals surface area contributed by atoms with Gasteiger partial charge in [0.1, 0.15) is 5.82 Å². The lowest BCUT2D eigenvalue weighted by molar-refractivity contribution is 0.409. The van der Waals surface area contributed by atoms with E-state index in [2.05, 4.69) is 11.4 Å². The smallest absolute Gasteiger partial charge is 0.129 e. The predicted molar refractivity (Wildman–Crippen MR) is 60.5 cm³/mol. The molecular formula is C13H18FN. The summed E-state index contributed by atoms with van der Waals surface area (Å²) in [6.45, 7) is 4.76. The van der Waals surface area contributed by atoms with Crippen LogP contribution < -0.4 is 5.32 Å². The Morgan fingerprint density at radius 3 is 2.73 bits per heavy atom. The Morgan fingerprint density at radius 2 is 2.07 bits per heavy atom. The van der Waals surface area contributed by atoms with E-state index in [0.717, 1.165) is 29.7 Å². The summed E-state index contributed by atoms with van der Waals surface area (Å²) in [5, 5.41) is 3.46. The summed E-state index contributed by atoms with van der Waals surface area (Å²) in [4.78, 5) is 0. The molecule has 2 heteroatoms. The van der Waals surface area contributed by atoms with Crippen molar-refractivity contribution in [3.8, 4) is 0 Å². The second-order valence-corrected chi connectivity index (χ2v) is 4.41. The molecule has 0 aromatic heterocycles. The Labute approximate surface area is 90.7 Å². The molecule has 1 aromatic carbocycles. The Hall–Kier alpha value is -0.890. The van der Waals surface area contributed by atoms with Gasteiger partial charge in [-0.25, -0.2) is 4.39 Å². The zero-order chi connectivity index (χ0) is 10.8. The highest BCUT2D eigenvalue weighted by atomic mass is 19.1. The molecule has 0 amide bonds. The van der Waals surface area contributed by atoms with Crippen LogP contribution in [0.1, 0.15) is 42.0 Å². The summed E-state index contributed by atoms with van der Waals surface area (Å²) in [5.41, 5.74) is 2.69. The molecule has 1 aromatic rings. The maximum absolute atomic E-state index is 13.7. The summed E-state index contributed by atoms with van der Waals surface area (Å²) >= 11 is 0. The van der Waals surface area contributed by atoms with Crippen LogP contribution in [0.3, 0.4) is 0 Å². The minimum absolute atomic E-state index is 0.0418. The lowest BCUT2D eigenvalue weighted by atomic mass is 9.93. The van der Waals surface area contributed by atoms with E-state index in [1.54, 1.807) is 0 Å². The van der Waals surface area contributed by atoms with Gasteiger partial charge in [0.25, 0.3) is 0 Å². The molecule has 0 saturated carbocycles. The van der Waals surface area contributed by atoms with Crippen LogP contribution in [0.15, 0.2) is 12.1 Å². The summed E-state index contributed by atoms with van der Waals surface area (Å²) in [6.07, 6.45) is 3.61. The molecule has 1 fully saturated rings. The van der Waals surface area contributed by atoms with Crippen molar-refractivity contribution in [2.75, 3.05) is 6.54 Å². The van der Waals surface area contributed by atoms with Gasteiger partial charge in [0, 0.05) is 6.04 Å². The van der Waals surface area contributed by atoms with E-state index in [4.69, 9.17) is 0 Å². The predicted octanol–water partition coefficient (Wildman–Crippen LogP) is 3.26. The van der Waals surface area contributed by atoms with Crippen LogP contribution in [-0.2, 0) is 0 Å². The van der Waals surface area contributed by atoms with E-state index in [-0.39, 0.29) is 5.82 Å². The van der Waals surface area contributed by atoms with E-state index in [9.17, 15) is 4.39 Å². The fraction of sp³-hybridized carbons (Fsp3) is 0.538. The molecule has 1 saturated heterocycles. The molecule has 0 aliphatic carbocycles. The lowest BCUT2D eigenvalue weighted by Crippen LogP contribution is -2.27. The second-order valence-electron chi connectivity index (χ2n) is 4.41. The van der Waals surface area contributed by atoms with Gasteiger partial charge in [0.15, 0.2) is 0 Å². The lowest BCUT2D eigenvalue weighted by Gasteiger charge is -2.25. The Balaban J connectivity index is 2.31. The summed E-state index contributed by atoms with van der Waals surface area (Å²) in [7, 11) is 0. The Bertz CT molecular complexity index is 354. The highest BCUT2D eigenvalue weighted by Crippen LogP contribution is 2.27. The van der Waals surface area contributed by atoms with Crippen molar-refractivity contribution in [2.45, 2.75) is 39.2 Å². The molecule has 1 aliphatic rings. The van der Waals surface area contributed by atoms with Gasteiger partial charge < -0.3 is 5.32 Å². The highest BCUT2D eigenvalue weighted by molar-refractivity contribution is 5.34. The van der Waals surface area contributed by atoms with Crippen LogP contribution >= 0.6 is 0 Å². The number of hydrogen-bond donors (Lipinski definition) is 1. The van der Waals surface area contributed by atoms with Crippen molar-refractivity contribution in [3.05, 3.63) is 34.6 Å². The molecular weight excluding hydrogens is 189 g/mol. The first-order chi connectivity index (χ1) is 7.20. The molecule has 1 aliphatic heterocycles. The monoisotopic (exact) mass is 207 g/mol. The van der Waals surface area contributed by atoms with Gasteiger partial charge in [-0.05, 0) is 49.9 Å². The average molecular weight is 207 g/mol. The minimum Gasteiger partial charge on any atom is -0.310 e. The number of piperidine rings is 1. The molecule has 0 spiro atoms. The van der Waals surface area contributed by atoms with E-state index in [1.807, 2.05) is 19.9 Å². The van der Waals surface area contributed by atoms with Crippen molar-refractivity contribution in [1.82, 2.24) is 5.32 Å². The van der Waals surface area contributed by atoms with E-state index in [0.29, 0.717) is 6.04 Å². The second kappa shape index (κ2) is 4.31. The molecule has 1 heterocycles. The normalized spacial score (nSPS) is 21.7. The Morgan fingerprint density at radius 1 is 1.27 bits per heavy atom. The van der Waals surface area contributed by atoms with Crippen molar-refractivity contribution >= 4 is 0 Å². The highest BCUT2D eigenvalue weighted by Gasteiger charge is 2.18. The number of rotatable bonds is 1. The van der Waals surface area contributed by atoms with Crippen LogP contribution in [0, 0.1) is 19.7 Å². The number of nitrogens with one attached hydrogen (secondary N) is 1. The topological polar surface area (TPSA) is 12.0 Å². The molecule has 82 valence electrons. The number of aryl methyl sites for hydroxylation is 1. The molecule has 0 radical (unpaired) electrons. The van der Waals surface area contributed by atoms with Crippen LogP contribution in [0.4, 0.5) is 4.39 Å². The number of halogens is 1. The summed E-state index contributed by atoms with van der Waals surface area (Å²) in [6, 6.07) is 4.30. The van der Waals surface area contributed by atoms with E-state index in [1.165, 1.54) is 12.8 Å². The van der Waals surface area contributed by atoms with Crippen LogP contribution in [0.2, 0.25) is 0 Å². The maximum Gasteiger partial charge on any atom is 0.129 e. The van der Waals surface area contributed by atoms with Crippen molar-refractivity contribution in [1.29, 1.82) is 0 Å². The SMILES string of the molecule is Cc1ccc(C2CCCCN2)c(C)c1F. The third-order valence-electron chi connectivity index (χ3n) is 3.31. The van der Waals surface area contributed by atoms with Gasteiger partial charge in [0.05, 0.1) is 0 Å². The van der Waals surface area contributed by atoms with Crippen molar-refractivity contribution in [2.24, 2.45) is 0 Å². The first-order valence-electron chi connectivity index (χ1n) is 5.69. The van der Waals surface area contributed by atoms with Gasteiger partial charge in [-0.1, -0.05) is 18.6 Å². The first kappa shape index (κ1) is 10.6. The van der Waals surface area contributed by atoms with Gasteiger partial charge in [0.2, 0.25) is 0 Å². The quantitative estimate of drug-likeness (QED) is 0.745. The van der Waals surface area contributed by atoms with Gasteiger partial charge >= 0.3 is 0 Å². The van der Waals surface area contributed by atoms with Gasteiger partial charge in [-0.2, -0.15) is 0 Å². The Kier molecular flexibility index (Phi) is 3.06. The maximum atomic E-state index is 13.7. The zero-order valence-electron chi connectivity index (χ0n) is 9.44. The van der Waals surface area contributed by atoms with Crippen LogP contribution in [0.25, 0.3) is 0 Å². The standard InChI is InChI=1S/C13H18FN/c1-9-6-7-11(10(2)13(9)14)12-5-3-4-8-15-12/h6-7,12,15H,3-5,8H2,1-2H3. The first-order valence-corrected chi connectivity index (χ1v) is 5.69. The molecule has 2 rings (SSSR count). The zero-order valence-corrected chi connectivity index (χ0v) is 9.44. The largest absolute Gasteiger partial charge is 0.310 e. The molecule has 1 nitrogen and oxygen atoms in total. The average Bonchev–Trinajstić information content (AvgIpc) is 2.27. The van der Waals surface area contributed by atoms with E-state index >= 15 is 0 Å². The number of benzene rings is 1. The molecule has 1 N–H and O–H groups in total. The van der Waals surface area contributed by atoms with Crippen LogP contribution in [-0.4, -0.2) is 6.54 Å². The van der Waals surface area contributed by atoms with Gasteiger partial charge in [-0.3, -0.25) is 0 Å². The summed E-state index contributed by atoms with van der Waals surface area (Å²) in [5.74, 6) is -0.0418. The summed E-state index contributed by atoms with van der Waals surface area (Å²) < 4.78 is 13.7. The van der Waals surface area contributed by atoms with Crippen LogP contribution in [0.5, 0.6) is 0 Å². The third kappa shape index (κ3) is 2.05. The third-order valence-corrected chi connectivity index (χ3v) is 3.31. The van der Waals surface area contributed by atoms with Gasteiger partial charge in [-0.15, -0.1) is 0 Å².